The Morgan fingerprint density at radius 2 is 2.07 bits per heavy atom. The molecule has 0 atom stereocenters. The van der Waals surface area contributed by atoms with Crippen molar-refractivity contribution in [1.82, 2.24) is 10.3 Å². The highest BCUT2D eigenvalue weighted by Crippen LogP contribution is 2.31. The molecule has 0 fully saturated rings. The molecule has 0 saturated carbocycles. The number of nitrogens with one attached hydrogen (secondary N) is 2. The third-order valence-corrected chi connectivity index (χ3v) is 3.48. The zero-order chi connectivity index (χ0) is 11.0. The van der Waals surface area contributed by atoms with Gasteiger partial charge in [-0.2, -0.15) is 0 Å². The van der Waals surface area contributed by atoms with Crippen LogP contribution in [0, 0.1) is 13.8 Å². The largest absolute Gasteiger partial charge is 0.356 e. The van der Waals surface area contributed by atoms with Crippen molar-refractivity contribution in [3.8, 4) is 0 Å². The molecule has 1 aromatic carbocycles. The van der Waals surface area contributed by atoms with Gasteiger partial charge in [0.2, 0.25) is 0 Å². The maximum atomic E-state index is 3.66. The lowest BCUT2D eigenvalue weighted by molar-refractivity contribution is 0.796. The van der Waals surface area contributed by atoms with Crippen molar-refractivity contribution >= 4 is 26.8 Å². The quantitative estimate of drug-likeness (QED) is 0.858. The Kier molecular flexibility index (Phi) is 2.85. The third kappa shape index (κ3) is 1.82. The summed E-state index contributed by atoms with van der Waals surface area (Å²) in [6, 6.07) is 4.40. The van der Waals surface area contributed by atoms with Gasteiger partial charge in [-0.1, -0.05) is 6.07 Å². The lowest BCUT2D eigenvalue weighted by atomic mass is 10.1. The van der Waals surface area contributed by atoms with Gasteiger partial charge in [0.15, 0.2) is 0 Å². The van der Waals surface area contributed by atoms with Gasteiger partial charge in [0.25, 0.3) is 0 Å². The van der Waals surface area contributed by atoms with E-state index in [-0.39, 0.29) is 0 Å². The number of aromatic amines is 1. The Morgan fingerprint density at radius 1 is 1.33 bits per heavy atom. The average Bonchev–Trinajstić information content (AvgIpc) is 2.43. The number of H-pyrrole nitrogens is 1. The van der Waals surface area contributed by atoms with E-state index in [2.05, 4.69) is 52.2 Å². The van der Waals surface area contributed by atoms with Gasteiger partial charge in [-0.25, -0.2) is 0 Å². The Balaban J connectivity index is 2.70. The number of fused-ring (bicyclic) bond motifs is 1. The topological polar surface area (TPSA) is 27.8 Å². The predicted octanol–water partition coefficient (Wildman–Crippen LogP) is 3.27. The summed E-state index contributed by atoms with van der Waals surface area (Å²) in [5.41, 5.74) is 5.03. The second-order valence-electron chi connectivity index (χ2n) is 3.95. The Labute approximate surface area is 98.2 Å². The van der Waals surface area contributed by atoms with Gasteiger partial charge in [-0.15, -0.1) is 0 Å². The molecule has 0 saturated heterocycles. The molecule has 2 N–H and O–H groups in total. The normalized spacial score (nSPS) is 11.2. The first-order valence-corrected chi connectivity index (χ1v) is 5.84. The van der Waals surface area contributed by atoms with Gasteiger partial charge < -0.3 is 10.3 Å². The molecule has 0 aliphatic rings. The second-order valence-corrected chi connectivity index (χ2v) is 4.75. The maximum Gasteiger partial charge on any atom is 0.0477 e. The predicted molar refractivity (Wildman–Crippen MR) is 68.2 cm³/mol. The smallest absolute Gasteiger partial charge is 0.0477 e. The summed E-state index contributed by atoms with van der Waals surface area (Å²) >= 11 is 3.66. The first kappa shape index (κ1) is 10.7. The minimum absolute atomic E-state index is 0.855. The van der Waals surface area contributed by atoms with Crippen LogP contribution in [0.5, 0.6) is 0 Å². The standard InChI is InChI=1S/C12H15BrN2/c1-7-4-8(2)11-9(5-7)15-10(6-14-3)12(11)13/h4-5,14-15H,6H2,1-3H3. The molecule has 0 bridgehead atoms. The van der Waals surface area contributed by atoms with E-state index in [0.717, 1.165) is 6.54 Å². The molecule has 1 aromatic heterocycles. The molecule has 0 amide bonds. The lowest BCUT2D eigenvalue weighted by Crippen LogP contribution is -2.05. The number of aryl methyl sites for hydroxylation is 2. The van der Waals surface area contributed by atoms with E-state index in [1.807, 2.05) is 7.05 Å². The fourth-order valence-electron chi connectivity index (χ4n) is 2.02. The SMILES string of the molecule is CNCc1[nH]c2cc(C)cc(C)c2c1Br. The van der Waals surface area contributed by atoms with Gasteiger partial charge in [-0.3, -0.25) is 0 Å². The van der Waals surface area contributed by atoms with E-state index in [1.165, 1.54) is 32.2 Å². The summed E-state index contributed by atoms with van der Waals surface area (Å²) in [5.74, 6) is 0. The zero-order valence-corrected chi connectivity index (χ0v) is 10.8. The number of benzene rings is 1. The van der Waals surface area contributed by atoms with Crippen molar-refractivity contribution in [2.75, 3.05) is 7.05 Å². The van der Waals surface area contributed by atoms with E-state index in [0.29, 0.717) is 0 Å². The lowest BCUT2D eigenvalue weighted by Gasteiger charge is -1.99. The Bertz CT molecular complexity index is 500. The molecule has 2 rings (SSSR count). The monoisotopic (exact) mass is 266 g/mol. The average molecular weight is 267 g/mol. The summed E-state index contributed by atoms with van der Waals surface area (Å²) < 4.78 is 1.18. The molecular weight excluding hydrogens is 252 g/mol. The molecule has 15 heavy (non-hydrogen) atoms. The summed E-state index contributed by atoms with van der Waals surface area (Å²) in [7, 11) is 1.95. The van der Waals surface area contributed by atoms with E-state index in [4.69, 9.17) is 0 Å². The van der Waals surface area contributed by atoms with Crippen molar-refractivity contribution in [1.29, 1.82) is 0 Å². The molecule has 0 spiro atoms. The molecule has 2 aromatic rings. The molecule has 80 valence electrons. The minimum atomic E-state index is 0.855. The van der Waals surface area contributed by atoms with Gasteiger partial charge in [0.1, 0.15) is 0 Å². The molecule has 1 heterocycles. The molecule has 0 unspecified atom stereocenters. The van der Waals surface area contributed by atoms with Crippen molar-refractivity contribution in [2.45, 2.75) is 20.4 Å². The van der Waals surface area contributed by atoms with Crippen LogP contribution in [0.1, 0.15) is 16.8 Å². The number of aromatic nitrogens is 1. The van der Waals surface area contributed by atoms with Crippen molar-refractivity contribution < 1.29 is 0 Å². The zero-order valence-electron chi connectivity index (χ0n) is 9.24. The number of hydrogen-bond donors (Lipinski definition) is 2. The second kappa shape index (κ2) is 3.99. The molecular formula is C12H15BrN2. The van der Waals surface area contributed by atoms with Crippen LogP contribution in [0.3, 0.4) is 0 Å². The van der Waals surface area contributed by atoms with Crippen LogP contribution < -0.4 is 5.32 Å². The fraction of sp³-hybridized carbons (Fsp3) is 0.333. The van der Waals surface area contributed by atoms with Crippen LogP contribution in [0.2, 0.25) is 0 Å². The molecule has 0 aliphatic carbocycles. The molecule has 0 radical (unpaired) electrons. The highest BCUT2D eigenvalue weighted by Gasteiger charge is 2.10. The summed E-state index contributed by atoms with van der Waals surface area (Å²) in [4.78, 5) is 3.44. The highest BCUT2D eigenvalue weighted by molar-refractivity contribution is 9.10. The maximum absolute atomic E-state index is 3.66. The number of rotatable bonds is 2. The third-order valence-electron chi connectivity index (χ3n) is 2.60. The van der Waals surface area contributed by atoms with Crippen LogP contribution in [-0.2, 0) is 6.54 Å². The first-order chi connectivity index (χ1) is 7.13. The van der Waals surface area contributed by atoms with Crippen LogP contribution in [0.15, 0.2) is 16.6 Å². The van der Waals surface area contributed by atoms with Crippen molar-refractivity contribution in [3.63, 3.8) is 0 Å². The summed E-state index contributed by atoms with van der Waals surface area (Å²) in [5, 5.41) is 4.46. The van der Waals surface area contributed by atoms with Crippen LogP contribution >= 0.6 is 15.9 Å². The fourth-order valence-corrected chi connectivity index (χ4v) is 2.79. The van der Waals surface area contributed by atoms with Gasteiger partial charge in [-0.05, 0) is 54.0 Å². The van der Waals surface area contributed by atoms with Gasteiger partial charge in [0, 0.05) is 27.6 Å². The van der Waals surface area contributed by atoms with E-state index >= 15 is 0 Å². The number of halogens is 1. The van der Waals surface area contributed by atoms with Gasteiger partial charge in [0.05, 0.1) is 0 Å². The summed E-state index contributed by atoms with van der Waals surface area (Å²) in [6.07, 6.45) is 0. The van der Waals surface area contributed by atoms with Crippen LogP contribution in [0.4, 0.5) is 0 Å². The molecule has 2 nitrogen and oxygen atoms in total. The highest BCUT2D eigenvalue weighted by atomic mass is 79.9. The van der Waals surface area contributed by atoms with Crippen molar-refractivity contribution in [3.05, 3.63) is 33.4 Å². The van der Waals surface area contributed by atoms with Crippen LogP contribution in [-0.4, -0.2) is 12.0 Å². The first-order valence-electron chi connectivity index (χ1n) is 5.05. The van der Waals surface area contributed by atoms with Crippen LogP contribution in [0.25, 0.3) is 10.9 Å². The Hall–Kier alpha value is -0.800. The summed E-state index contributed by atoms with van der Waals surface area (Å²) in [6.45, 7) is 5.13. The Morgan fingerprint density at radius 3 is 2.73 bits per heavy atom. The van der Waals surface area contributed by atoms with E-state index in [1.54, 1.807) is 0 Å². The molecule has 3 heteroatoms. The molecule has 0 aliphatic heterocycles. The van der Waals surface area contributed by atoms with Gasteiger partial charge >= 0.3 is 0 Å². The van der Waals surface area contributed by atoms with E-state index in [9.17, 15) is 0 Å². The minimum Gasteiger partial charge on any atom is -0.356 e. The van der Waals surface area contributed by atoms with E-state index < -0.39 is 0 Å². The number of hydrogen-bond acceptors (Lipinski definition) is 1. The van der Waals surface area contributed by atoms with Crippen molar-refractivity contribution in [2.24, 2.45) is 0 Å².